The van der Waals surface area contributed by atoms with Gasteiger partial charge in [0.15, 0.2) is 0 Å². The number of carboxylic acid groups (broad SMARTS) is 1. The Morgan fingerprint density at radius 1 is 1.43 bits per heavy atom. The predicted octanol–water partition coefficient (Wildman–Crippen LogP) is 3.75. The fraction of sp³-hybridized carbons (Fsp3) is 0.562. The Morgan fingerprint density at radius 3 is 2.67 bits per heavy atom. The van der Waals surface area contributed by atoms with Gasteiger partial charge in [0.05, 0.1) is 10.4 Å². The quantitative estimate of drug-likeness (QED) is 0.843. The molecule has 0 spiro atoms. The summed E-state index contributed by atoms with van der Waals surface area (Å²) in [7, 11) is 0. The first-order valence-electron chi connectivity index (χ1n) is 7.38. The van der Waals surface area contributed by atoms with Crippen molar-refractivity contribution < 1.29 is 14.3 Å². The standard InChI is InChI=1S/C16H21BrFNO2/c1-10(8-11-2-7-15(18)14(17)9-11)19-13-5-3-12(4-6-13)16(20)21/h2,7,9-10,12-13,19H,3-6,8H2,1H3,(H,20,21). The molecule has 0 aliphatic heterocycles. The summed E-state index contributed by atoms with van der Waals surface area (Å²) in [5.41, 5.74) is 1.09. The number of hydrogen-bond donors (Lipinski definition) is 2. The van der Waals surface area contributed by atoms with E-state index in [2.05, 4.69) is 28.2 Å². The van der Waals surface area contributed by atoms with Crippen LogP contribution in [0.2, 0.25) is 0 Å². The molecule has 116 valence electrons. The molecule has 21 heavy (non-hydrogen) atoms. The lowest BCUT2D eigenvalue weighted by molar-refractivity contribution is -0.142. The van der Waals surface area contributed by atoms with Crippen LogP contribution in [0, 0.1) is 11.7 Å². The van der Waals surface area contributed by atoms with Crippen molar-refractivity contribution in [2.45, 2.75) is 51.1 Å². The van der Waals surface area contributed by atoms with Crippen LogP contribution in [0.4, 0.5) is 4.39 Å². The van der Waals surface area contributed by atoms with Crippen LogP contribution >= 0.6 is 15.9 Å². The van der Waals surface area contributed by atoms with Crippen molar-refractivity contribution >= 4 is 21.9 Å². The van der Waals surface area contributed by atoms with Crippen molar-refractivity contribution in [3.8, 4) is 0 Å². The van der Waals surface area contributed by atoms with Gasteiger partial charge in [-0.05, 0) is 72.7 Å². The highest BCUT2D eigenvalue weighted by atomic mass is 79.9. The van der Waals surface area contributed by atoms with E-state index in [4.69, 9.17) is 5.11 Å². The van der Waals surface area contributed by atoms with Crippen molar-refractivity contribution in [3.63, 3.8) is 0 Å². The summed E-state index contributed by atoms with van der Waals surface area (Å²) in [5, 5.41) is 12.6. The zero-order chi connectivity index (χ0) is 15.4. The van der Waals surface area contributed by atoms with Gasteiger partial charge >= 0.3 is 5.97 Å². The molecule has 1 aromatic carbocycles. The first-order chi connectivity index (χ1) is 9.95. The number of nitrogens with one attached hydrogen (secondary N) is 1. The Bertz CT molecular complexity index is 501. The van der Waals surface area contributed by atoms with Gasteiger partial charge in [-0.1, -0.05) is 6.07 Å². The number of carboxylic acids is 1. The summed E-state index contributed by atoms with van der Waals surface area (Å²) in [5.74, 6) is -1.09. The van der Waals surface area contributed by atoms with Crippen LogP contribution in [-0.2, 0) is 11.2 Å². The van der Waals surface area contributed by atoms with E-state index in [0.717, 1.165) is 37.7 Å². The molecule has 1 aliphatic rings. The smallest absolute Gasteiger partial charge is 0.306 e. The molecule has 0 amide bonds. The molecular formula is C16H21BrFNO2. The summed E-state index contributed by atoms with van der Waals surface area (Å²) < 4.78 is 13.7. The first kappa shape index (κ1) is 16.4. The van der Waals surface area contributed by atoms with Crippen molar-refractivity contribution in [3.05, 3.63) is 34.1 Å². The summed E-state index contributed by atoms with van der Waals surface area (Å²) in [6.07, 6.45) is 4.16. The lowest BCUT2D eigenvalue weighted by atomic mass is 9.85. The normalized spacial score (nSPS) is 23.8. The highest BCUT2D eigenvalue weighted by molar-refractivity contribution is 9.10. The first-order valence-corrected chi connectivity index (χ1v) is 8.17. The van der Waals surface area contributed by atoms with Crippen molar-refractivity contribution in [1.82, 2.24) is 5.32 Å². The lowest BCUT2D eigenvalue weighted by Crippen LogP contribution is -2.40. The molecule has 1 saturated carbocycles. The Hall–Kier alpha value is -0.940. The molecule has 0 bridgehead atoms. The molecule has 1 unspecified atom stereocenters. The van der Waals surface area contributed by atoms with Crippen molar-refractivity contribution in [2.24, 2.45) is 5.92 Å². The van der Waals surface area contributed by atoms with Gasteiger partial charge in [-0.25, -0.2) is 4.39 Å². The third-order valence-corrected chi connectivity index (χ3v) is 4.73. The molecule has 0 saturated heterocycles. The Kier molecular flexibility index (Phi) is 5.76. The van der Waals surface area contributed by atoms with Gasteiger partial charge in [-0.2, -0.15) is 0 Å². The molecule has 1 fully saturated rings. The molecule has 0 radical (unpaired) electrons. The van der Waals surface area contributed by atoms with E-state index in [1.165, 1.54) is 6.07 Å². The third kappa shape index (κ3) is 4.78. The van der Waals surface area contributed by atoms with Gasteiger partial charge in [0.2, 0.25) is 0 Å². The average Bonchev–Trinajstić information content (AvgIpc) is 2.43. The number of hydrogen-bond acceptors (Lipinski definition) is 2. The van der Waals surface area contributed by atoms with Gasteiger partial charge < -0.3 is 10.4 Å². The molecule has 1 atom stereocenters. The van der Waals surface area contributed by atoms with Crippen LogP contribution in [0.5, 0.6) is 0 Å². The second kappa shape index (κ2) is 7.36. The Balaban J connectivity index is 1.81. The SMILES string of the molecule is CC(Cc1ccc(F)c(Br)c1)NC1CCC(C(=O)O)CC1. The minimum atomic E-state index is -0.669. The maximum absolute atomic E-state index is 13.2. The Labute approximate surface area is 133 Å². The van der Waals surface area contributed by atoms with Gasteiger partial charge in [0.1, 0.15) is 5.82 Å². The average molecular weight is 358 g/mol. The van der Waals surface area contributed by atoms with E-state index in [0.29, 0.717) is 10.5 Å². The number of carbonyl (C=O) groups is 1. The van der Waals surface area contributed by atoms with Crippen LogP contribution in [0.25, 0.3) is 0 Å². The van der Waals surface area contributed by atoms with E-state index in [1.807, 2.05) is 6.07 Å². The summed E-state index contributed by atoms with van der Waals surface area (Å²) >= 11 is 3.20. The van der Waals surface area contributed by atoms with E-state index in [9.17, 15) is 9.18 Å². The number of halogens is 2. The fourth-order valence-corrected chi connectivity index (χ4v) is 3.41. The molecule has 3 nitrogen and oxygen atoms in total. The minimum absolute atomic E-state index is 0.175. The molecule has 2 rings (SSSR count). The minimum Gasteiger partial charge on any atom is -0.481 e. The van der Waals surface area contributed by atoms with Gasteiger partial charge in [0.25, 0.3) is 0 Å². The molecular weight excluding hydrogens is 337 g/mol. The van der Waals surface area contributed by atoms with Gasteiger partial charge in [-0.15, -0.1) is 0 Å². The van der Waals surface area contributed by atoms with Gasteiger partial charge in [-0.3, -0.25) is 4.79 Å². The van der Waals surface area contributed by atoms with Crippen molar-refractivity contribution in [2.75, 3.05) is 0 Å². The summed E-state index contributed by atoms with van der Waals surface area (Å²) in [6.45, 7) is 2.11. The number of rotatable bonds is 5. The molecule has 0 aromatic heterocycles. The largest absolute Gasteiger partial charge is 0.481 e. The summed E-state index contributed by atoms with van der Waals surface area (Å²) in [6, 6.07) is 5.77. The predicted molar refractivity (Wildman–Crippen MR) is 83.8 cm³/mol. The molecule has 1 aromatic rings. The Morgan fingerprint density at radius 2 is 2.10 bits per heavy atom. The lowest BCUT2D eigenvalue weighted by Gasteiger charge is -2.29. The highest BCUT2D eigenvalue weighted by Crippen LogP contribution is 2.25. The highest BCUT2D eigenvalue weighted by Gasteiger charge is 2.26. The van der Waals surface area contributed by atoms with Crippen LogP contribution in [-0.4, -0.2) is 23.2 Å². The van der Waals surface area contributed by atoms with Crippen molar-refractivity contribution in [1.29, 1.82) is 0 Å². The zero-order valence-electron chi connectivity index (χ0n) is 12.1. The summed E-state index contributed by atoms with van der Waals surface area (Å²) in [4.78, 5) is 10.9. The maximum atomic E-state index is 13.2. The van der Waals surface area contributed by atoms with E-state index in [1.54, 1.807) is 6.07 Å². The topological polar surface area (TPSA) is 49.3 Å². The third-order valence-electron chi connectivity index (χ3n) is 4.12. The van der Waals surface area contributed by atoms with E-state index >= 15 is 0 Å². The second-order valence-electron chi connectivity index (χ2n) is 5.91. The fourth-order valence-electron chi connectivity index (χ4n) is 2.99. The number of benzene rings is 1. The monoisotopic (exact) mass is 357 g/mol. The maximum Gasteiger partial charge on any atom is 0.306 e. The molecule has 2 N–H and O–H groups in total. The second-order valence-corrected chi connectivity index (χ2v) is 6.76. The van der Waals surface area contributed by atoms with Crippen LogP contribution < -0.4 is 5.32 Å². The zero-order valence-corrected chi connectivity index (χ0v) is 13.7. The van der Waals surface area contributed by atoms with E-state index < -0.39 is 5.97 Å². The van der Waals surface area contributed by atoms with Crippen LogP contribution in [0.1, 0.15) is 38.2 Å². The molecule has 0 heterocycles. The molecule has 1 aliphatic carbocycles. The molecule has 5 heteroatoms. The van der Waals surface area contributed by atoms with E-state index in [-0.39, 0.29) is 17.8 Å². The van der Waals surface area contributed by atoms with Crippen LogP contribution in [0.15, 0.2) is 22.7 Å². The van der Waals surface area contributed by atoms with Crippen LogP contribution in [0.3, 0.4) is 0 Å². The number of aliphatic carboxylic acids is 1. The van der Waals surface area contributed by atoms with Gasteiger partial charge in [0, 0.05) is 12.1 Å².